The van der Waals surface area contributed by atoms with Crippen molar-refractivity contribution < 1.29 is 8.42 Å². The zero-order valence-corrected chi connectivity index (χ0v) is 16.5. The van der Waals surface area contributed by atoms with Crippen molar-refractivity contribution in [1.82, 2.24) is 9.62 Å². The van der Waals surface area contributed by atoms with Crippen molar-refractivity contribution in [2.75, 3.05) is 39.6 Å². The molecule has 0 aliphatic carbocycles. The largest absolute Gasteiger partial charge is 0.378 e. The van der Waals surface area contributed by atoms with E-state index < -0.39 is 10.0 Å². The number of benzene rings is 2. The summed E-state index contributed by atoms with van der Waals surface area (Å²) in [6.45, 7) is 0.252. The lowest BCUT2D eigenvalue weighted by Gasteiger charge is -2.26. The SMILES string of the molecule is CN(C)c1ccc([C@H](CNS(=O)(=O)c2ccccc2Cl)N(C)C)cc1. The second-order valence-electron chi connectivity index (χ2n) is 6.25. The van der Waals surface area contributed by atoms with Crippen molar-refractivity contribution in [2.45, 2.75) is 10.9 Å². The van der Waals surface area contributed by atoms with Crippen LogP contribution in [0.3, 0.4) is 0 Å². The summed E-state index contributed by atoms with van der Waals surface area (Å²) in [6, 6.07) is 14.4. The van der Waals surface area contributed by atoms with E-state index in [4.69, 9.17) is 11.6 Å². The maximum Gasteiger partial charge on any atom is 0.242 e. The molecule has 5 nitrogen and oxygen atoms in total. The molecule has 0 fully saturated rings. The van der Waals surface area contributed by atoms with Gasteiger partial charge < -0.3 is 9.80 Å². The quantitative estimate of drug-likeness (QED) is 0.801. The third kappa shape index (κ3) is 4.95. The molecule has 0 saturated carbocycles. The van der Waals surface area contributed by atoms with Gasteiger partial charge in [0, 0.05) is 32.4 Å². The molecule has 0 heterocycles. The van der Waals surface area contributed by atoms with Gasteiger partial charge >= 0.3 is 0 Å². The van der Waals surface area contributed by atoms with Gasteiger partial charge in [0.1, 0.15) is 4.90 Å². The van der Waals surface area contributed by atoms with Crippen LogP contribution in [0.15, 0.2) is 53.4 Å². The predicted molar refractivity (Wildman–Crippen MR) is 104 cm³/mol. The molecule has 2 aromatic rings. The molecule has 0 aliphatic heterocycles. The summed E-state index contributed by atoms with van der Waals surface area (Å²) in [7, 11) is 4.15. The Bertz CT molecular complexity index is 805. The van der Waals surface area contributed by atoms with Crippen LogP contribution in [0, 0.1) is 0 Å². The molecule has 0 bridgehead atoms. The number of hydrogen-bond donors (Lipinski definition) is 1. The highest BCUT2D eigenvalue weighted by molar-refractivity contribution is 7.89. The topological polar surface area (TPSA) is 52.7 Å². The van der Waals surface area contributed by atoms with Gasteiger partial charge in [0.05, 0.1) is 5.02 Å². The van der Waals surface area contributed by atoms with Crippen LogP contribution in [0.4, 0.5) is 5.69 Å². The lowest BCUT2D eigenvalue weighted by molar-refractivity contribution is 0.299. The summed E-state index contributed by atoms with van der Waals surface area (Å²) in [5.74, 6) is 0. The van der Waals surface area contributed by atoms with Crippen molar-refractivity contribution in [3.8, 4) is 0 Å². The Balaban J connectivity index is 2.18. The first-order valence-electron chi connectivity index (χ1n) is 7.90. The molecule has 0 aliphatic rings. The summed E-state index contributed by atoms with van der Waals surface area (Å²) in [5, 5.41) is 0.215. The van der Waals surface area contributed by atoms with E-state index in [1.807, 2.05) is 62.3 Å². The summed E-state index contributed by atoms with van der Waals surface area (Å²) in [5.41, 5.74) is 2.13. The monoisotopic (exact) mass is 381 g/mol. The standard InChI is InChI=1S/C18H24ClN3O2S/c1-21(2)15-11-9-14(10-12-15)17(22(3)4)13-20-25(23,24)18-8-6-5-7-16(18)19/h5-12,17,20H,13H2,1-4H3/t17-/m0/s1. The average Bonchev–Trinajstić information content (AvgIpc) is 2.55. The van der Waals surface area contributed by atoms with E-state index in [9.17, 15) is 8.42 Å². The van der Waals surface area contributed by atoms with Crippen LogP contribution in [-0.2, 0) is 10.0 Å². The zero-order valence-electron chi connectivity index (χ0n) is 14.9. The second-order valence-corrected chi connectivity index (χ2v) is 8.39. The molecule has 1 N–H and O–H groups in total. The van der Waals surface area contributed by atoms with E-state index in [2.05, 4.69) is 4.72 Å². The molecular formula is C18H24ClN3O2S. The molecule has 0 saturated heterocycles. The molecule has 0 amide bonds. The number of sulfonamides is 1. The van der Waals surface area contributed by atoms with Gasteiger partial charge in [-0.05, 0) is 43.9 Å². The van der Waals surface area contributed by atoms with Crippen LogP contribution in [-0.4, -0.2) is 48.1 Å². The smallest absolute Gasteiger partial charge is 0.242 e. The van der Waals surface area contributed by atoms with Gasteiger partial charge in [-0.25, -0.2) is 13.1 Å². The molecule has 0 unspecified atom stereocenters. The molecule has 1 atom stereocenters. The molecule has 2 rings (SSSR count). The summed E-state index contributed by atoms with van der Waals surface area (Å²) in [4.78, 5) is 4.10. The third-order valence-electron chi connectivity index (χ3n) is 4.01. The van der Waals surface area contributed by atoms with E-state index in [-0.39, 0.29) is 22.5 Å². The molecule has 2 aromatic carbocycles. The Hall–Kier alpha value is -1.60. The third-order valence-corrected chi connectivity index (χ3v) is 5.93. The first kappa shape index (κ1) is 19.7. The normalized spacial score (nSPS) is 13.0. The fourth-order valence-corrected chi connectivity index (χ4v) is 4.08. The summed E-state index contributed by atoms with van der Waals surface area (Å²) >= 11 is 6.02. The minimum absolute atomic E-state index is 0.0894. The number of hydrogen-bond acceptors (Lipinski definition) is 4. The van der Waals surface area contributed by atoms with Gasteiger partial charge in [-0.3, -0.25) is 0 Å². The van der Waals surface area contributed by atoms with Crippen LogP contribution in [0.5, 0.6) is 0 Å². The highest BCUT2D eigenvalue weighted by Crippen LogP contribution is 2.23. The molecule has 0 spiro atoms. The van der Waals surface area contributed by atoms with Crippen molar-refractivity contribution >= 4 is 27.3 Å². The molecule has 0 radical (unpaired) electrons. The van der Waals surface area contributed by atoms with Crippen LogP contribution in [0.25, 0.3) is 0 Å². The number of nitrogens with one attached hydrogen (secondary N) is 1. The van der Waals surface area contributed by atoms with Crippen LogP contribution in [0.1, 0.15) is 11.6 Å². The van der Waals surface area contributed by atoms with E-state index >= 15 is 0 Å². The highest BCUT2D eigenvalue weighted by Gasteiger charge is 2.21. The Labute approximate surface area is 155 Å². The fourth-order valence-electron chi connectivity index (χ4n) is 2.52. The number of likely N-dealkylation sites (N-methyl/N-ethyl adjacent to an activating group) is 1. The minimum atomic E-state index is -3.67. The van der Waals surface area contributed by atoms with E-state index in [1.165, 1.54) is 6.07 Å². The Morgan fingerprint density at radius 1 is 1.00 bits per heavy atom. The van der Waals surface area contributed by atoms with Gasteiger partial charge in [0.2, 0.25) is 10.0 Å². The summed E-state index contributed by atoms with van der Waals surface area (Å²) < 4.78 is 27.7. The van der Waals surface area contributed by atoms with Crippen molar-refractivity contribution in [3.63, 3.8) is 0 Å². The van der Waals surface area contributed by atoms with Crippen LogP contribution >= 0.6 is 11.6 Å². The van der Waals surface area contributed by atoms with E-state index in [1.54, 1.807) is 18.2 Å². The lowest BCUT2D eigenvalue weighted by Crippen LogP contribution is -2.34. The van der Waals surface area contributed by atoms with Gasteiger partial charge in [0.25, 0.3) is 0 Å². The number of anilines is 1. The van der Waals surface area contributed by atoms with Gasteiger partial charge in [-0.2, -0.15) is 0 Å². The Kier molecular flexibility index (Phi) is 6.46. The van der Waals surface area contributed by atoms with Crippen LogP contribution < -0.4 is 9.62 Å². The van der Waals surface area contributed by atoms with Gasteiger partial charge in [-0.15, -0.1) is 0 Å². The van der Waals surface area contributed by atoms with E-state index in [0.29, 0.717) is 0 Å². The van der Waals surface area contributed by atoms with Crippen LogP contribution in [0.2, 0.25) is 5.02 Å². The molecule has 136 valence electrons. The number of rotatable bonds is 7. The molecule has 25 heavy (non-hydrogen) atoms. The maximum atomic E-state index is 12.5. The number of nitrogens with zero attached hydrogens (tertiary/aromatic N) is 2. The first-order valence-corrected chi connectivity index (χ1v) is 9.76. The average molecular weight is 382 g/mol. The lowest BCUT2D eigenvalue weighted by atomic mass is 10.1. The molecule has 7 heteroatoms. The second kappa shape index (κ2) is 8.19. The molecular weight excluding hydrogens is 358 g/mol. The summed E-state index contributed by atoms with van der Waals surface area (Å²) in [6.07, 6.45) is 0. The van der Waals surface area contributed by atoms with Gasteiger partial charge in [0.15, 0.2) is 0 Å². The maximum absolute atomic E-state index is 12.5. The van der Waals surface area contributed by atoms with Gasteiger partial charge in [-0.1, -0.05) is 35.9 Å². The van der Waals surface area contributed by atoms with E-state index in [0.717, 1.165) is 11.3 Å². The molecule has 0 aromatic heterocycles. The van der Waals surface area contributed by atoms with Crippen molar-refractivity contribution in [3.05, 3.63) is 59.1 Å². The van der Waals surface area contributed by atoms with Crippen molar-refractivity contribution in [1.29, 1.82) is 0 Å². The fraction of sp³-hybridized carbons (Fsp3) is 0.333. The first-order chi connectivity index (χ1) is 11.7. The zero-order chi connectivity index (χ0) is 18.6. The van der Waals surface area contributed by atoms with Crippen molar-refractivity contribution in [2.24, 2.45) is 0 Å². The minimum Gasteiger partial charge on any atom is -0.378 e. The highest BCUT2D eigenvalue weighted by atomic mass is 35.5. The predicted octanol–water partition coefficient (Wildman–Crippen LogP) is 2.99. The number of halogens is 1. The Morgan fingerprint density at radius 3 is 2.12 bits per heavy atom. The Morgan fingerprint density at radius 2 is 1.60 bits per heavy atom.